The van der Waals surface area contributed by atoms with Gasteiger partial charge in [0.25, 0.3) is 0 Å². The van der Waals surface area contributed by atoms with E-state index in [0.717, 1.165) is 33.9 Å². The molecule has 0 aliphatic rings. The van der Waals surface area contributed by atoms with Gasteiger partial charge >= 0.3 is 5.97 Å². The number of carboxylic acid groups (broad SMARTS) is 1. The molecule has 0 aliphatic carbocycles. The summed E-state index contributed by atoms with van der Waals surface area (Å²) in [5, 5.41) is 13.6. The molecule has 0 spiro atoms. The largest absolute Gasteiger partial charge is 0.481 e. The topological polar surface area (TPSA) is 67.5 Å². The molecular weight excluding hydrogens is 266 g/mol. The van der Waals surface area contributed by atoms with Gasteiger partial charge in [0.05, 0.1) is 12.1 Å². The van der Waals surface area contributed by atoms with Crippen LogP contribution >= 0.6 is 0 Å². The maximum absolute atomic E-state index is 11.0. The van der Waals surface area contributed by atoms with Crippen LogP contribution in [0.25, 0.3) is 16.9 Å². The number of aromatic nitrogens is 3. The minimum Gasteiger partial charge on any atom is -0.481 e. The number of hydrogen-bond donors (Lipinski definition) is 1. The van der Waals surface area contributed by atoms with Crippen LogP contribution in [0.1, 0.15) is 17.0 Å². The van der Waals surface area contributed by atoms with E-state index >= 15 is 0 Å². The summed E-state index contributed by atoms with van der Waals surface area (Å²) >= 11 is 0. The number of fused-ring (bicyclic) bond motifs is 1. The van der Waals surface area contributed by atoms with Crippen molar-refractivity contribution in [2.24, 2.45) is 0 Å². The van der Waals surface area contributed by atoms with Gasteiger partial charge in [-0.25, -0.2) is 9.50 Å². The highest BCUT2D eigenvalue weighted by atomic mass is 16.4. The van der Waals surface area contributed by atoms with Crippen molar-refractivity contribution in [3.63, 3.8) is 0 Å². The molecule has 0 amide bonds. The molecule has 0 radical (unpaired) electrons. The third kappa shape index (κ3) is 2.38. The minimum absolute atomic E-state index is 0.0405. The molecule has 0 fully saturated rings. The number of hydrogen-bond acceptors (Lipinski definition) is 3. The highest BCUT2D eigenvalue weighted by Gasteiger charge is 2.14. The standard InChI is InChI=1S/C16H15N3O2/c1-10-13(8-16(20)21)11(2)19-15(17-10)9-14(18-19)12-6-4-3-5-7-12/h3-7,9H,8H2,1-2H3,(H,20,21). The maximum Gasteiger partial charge on any atom is 0.307 e. The van der Waals surface area contributed by atoms with Crippen LogP contribution in [0.4, 0.5) is 0 Å². The fourth-order valence-electron chi connectivity index (χ4n) is 2.48. The highest BCUT2D eigenvalue weighted by molar-refractivity contribution is 5.71. The molecule has 3 aromatic rings. The van der Waals surface area contributed by atoms with Gasteiger partial charge in [-0.15, -0.1) is 0 Å². The van der Waals surface area contributed by atoms with Crippen molar-refractivity contribution in [1.29, 1.82) is 0 Å². The molecule has 21 heavy (non-hydrogen) atoms. The average molecular weight is 281 g/mol. The van der Waals surface area contributed by atoms with Crippen LogP contribution in [0.5, 0.6) is 0 Å². The van der Waals surface area contributed by atoms with Crippen molar-refractivity contribution in [1.82, 2.24) is 14.6 Å². The molecule has 5 nitrogen and oxygen atoms in total. The van der Waals surface area contributed by atoms with E-state index < -0.39 is 5.97 Å². The highest BCUT2D eigenvalue weighted by Crippen LogP contribution is 2.22. The summed E-state index contributed by atoms with van der Waals surface area (Å²) in [5.41, 5.74) is 4.86. The second kappa shape index (κ2) is 5.01. The van der Waals surface area contributed by atoms with Crippen LogP contribution in [0.2, 0.25) is 0 Å². The number of aryl methyl sites for hydroxylation is 2. The molecule has 2 heterocycles. The normalized spacial score (nSPS) is 11.0. The van der Waals surface area contributed by atoms with Crippen molar-refractivity contribution in [3.05, 3.63) is 53.3 Å². The number of carbonyl (C=O) groups is 1. The maximum atomic E-state index is 11.0. The van der Waals surface area contributed by atoms with Gasteiger partial charge in [0.2, 0.25) is 0 Å². The summed E-state index contributed by atoms with van der Waals surface area (Å²) in [6.07, 6.45) is -0.0405. The molecule has 0 unspecified atom stereocenters. The Hall–Kier alpha value is -2.69. The summed E-state index contributed by atoms with van der Waals surface area (Å²) in [7, 11) is 0. The Bertz CT molecular complexity index is 822. The monoisotopic (exact) mass is 281 g/mol. The summed E-state index contributed by atoms with van der Waals surface area (Å²) in [6.45, 7) is 3.71. The van der Waals surface area contributed by atoms with Gasteiger partial charge in [0, 0.05) is 28.6 Å². The first-order valence-electron chi connectivity index (χ1n) is 6.69. The average Bonchev–Trinajstić information content (AvgIpc) is 2.88. The Morgan fingerprint density at radius 1 is 1.24 bits per heavy atom. The first-order valence-corrected chi connectivity index (χ1v) is 6.69. The number of aliphatic carboxylic acids is 1. The van der Waals surface area contributed by atoms with Crippen molar-refractivity contribution >= 4 is 11.6 Å². The lowest BCUT2D eigenvalue weighted by molar-refractivity contribution is -0.136. The SMILES string of the molecule is Cc1nc2cc(-c3ccccc3)nn2c(C)c1CC(=O)O. The van der Waals surface area contributed by atoms with Crippen LogP contribution in [-0.2, 0) is 11.2 Å². The fraction of sp³-hybridized carbons (Fsp3) is 0.188. The lowest BCUT2D eigenvalue weighted by Crippen LogP contribution is -2.10. The van der Waals surface area contributed by atoms with Crippen molar-refractivity contribution < 1.29 is 9.90 Å². The number of nitrogens with zero attached hydrogens (tertiary/aromatic N) is 3. The molecule has 1 aromatic carbocycles. The fourth-order valence-corrected chi connectivity index (χ4v) is 2.48. The second-order valence-electron chi connectivity index (χ2n) is 5.00. The van der Waals surface area contributed by atoms with Crippen LogP contribution in [0, 0.1) is 13.8 Å². The van der Waals surface area contributed by atoms with Gasteiger partial charge in [-0.05, 0) is 13.8 Å². The smallest absolute Gasteiger partial charge is 0.307 e. The first-order chi connectivity index (χ1) is 10.1. The molecule has 0 saturated carbocycles. The summed E-state index contributed by atoms with van der Waals surface area (Å²) < 4.78 is 1.72. The summed E-state index contributed by atoms with van der Waals surface area (Å²) in [6, 6.07) is 11.8. The van der Waals surface area contributed by atoms with Gasteiger partial charge in [-0.1, -0.05) is 30.3 Å². The molecule has 3 rings (SSSR count). The third-order valence-electron chi connectivity index (χ3n) is 3.56. The lowest BCUT2D eigenvalue weighted by Gasteiger charge is -2.08. The molecule has 0 saturated heterocycles. The van der Waals surface area contributed by atoms with E-state index in [1.165, 1.54) is 0 Å². The Kier molecular flexibility index (Phi) is 3.17. The predicted molar refractivity (Wildman–Crippen MR) is 79.2 cm³/mol. The summed E-state index contributed by atoms with van der Waals surface area (Å²) in [5.74, 6) is -0.863. The first kappa shape index (κ1) is 13.3. The van der Waals surface area contributed by atoms with Gasteiger partial charge < -0.3 is 5.11 Å². The number of carboxylic acids is 1. The van der Waals surface area contributed by atoms with Gasteiger partial charge in [-0.3, -0.25) is 4.79 Å². The van der Waals surface area contributed by atoms with E-state index in [1.807, 2.05) is 50.2 Å². The van der Waals surface area contributed by atoms with E-state index in [-0.39, 0.29) is 6.42 Å². The van der Waals surface area contributed by atoms with Crippen molar-refractivity contribution in [2.45, 2.75) is 20.3 Å². The molecule has 0 bridgehead atoms. The lowest BCUT2D eigenvalue weighted by atomic mass is 10.1. The number of benzene rings is 1. The molecular formula is C16H15N3O2. The van der Waals surface area contributed by atoms with E-state index in [9.17, 15) is 4.79 Å². The van der Waals surface area contributed by atoms with E-state index in [0.29, 0.717) is 0 Å². The Balaban J connectivity index is 2.18. The van der Waals surface area contributed by atoms with Crippen molar-refractivity contribution in [2.75, 3.05) is 0 Å². The zero-order valence-electron chi connectivity index (χ0n) is 11.9. The zero-order valence-corrected chi connectivity index (χ0v) is 11.9. The molecule has 0 aliphatic heterocycles. The molecule has 5 heteroatoms. The third-order valence-corrected chi connectivity index (χ3v) is 3.56. The minimum atomic E-state index is -0.863. The van der Waals surface area contributed by atoms with E-state index in [4.69, 9.17) is 5.11 Å². The van der Waals surface area contributed by atoms with Gasteiger partial charge in [0.15, 0.2) is 5.65 Å². The van der Waals surface area contributed by atoms with Gasteiger partial charge in [0.1, 0.15) is 0 Å². The second-order valence-corrected chi connectivity index (χ2v) is 5.00. The Morgan fingerprint density at radius 2 is 1.95 bits per heavy atom. The summed E-state index contributed by atoms with van der Waals surface area (Å²) in [4.78, 5) is 15.5. The van der Waals surface area contributed by atoms with E-state index in [2.05, 4.69) is 10.1 Å². The zero-order chi connectivity index (χ0) is 15.0. The Labute approximate surface area is 121 Å². The van der Waals surface area contributed by atoms with Gasteiger partial charge in [-0.2, -0.15) is 5.10 Å². The quantitative estimate of drug-likeness (QED) is 0.801. The van der Waals surface area contributed by atoms with Crippen LogP contribution in [0.3, 0.4) is 0 Å². The van der Waals surface area contributed by atoms with Crippen LogP contribution in [0.15, 0.2) is 36.4 Å². The molecule has 2 aromatic heterocycles. The number of rotatable bonds is 3. The Morgan fingerprint density at radius 3 is 2.62 bits per heavy atom. The van der Waals surface area contributed by atoms with E-state index in [1.54, 1.807) is 4.52 Å². The van der Waals surface area contributed by atoms with Crippen LogP contribution < -0.4 is 0 Å². The molecule has 0 atom stereocenters. The molecule has 1 N–H and O–H groups in total. The van der Waals surface area contributed by atoms with Crippen molar-refractivity contribution in [3.8, 4) is 11.3 Å². The predicted octanol–water partition coefficient (Wildman–Crippen LogP) is 2.64. The molecule has 106 valence electrons. The van der Waals surface area contributed by atoms with Crippen LogP contribution in [-0.4, -0.2) is 25.7 Å².